The quantitative estimate of drug-likeness (QED) is 0.768. The normalized spacial score (nSPS) is 38.5. The highest BCUT2D eigenvalue weighted by atomic mass is 16.3. The Labute approximate surface area is 111 Å². The number of likely N-dealkylation sites (tertiary alicyclic amines) is 1. The molecule has 0 aliphatic carbocycles. The van der Waals surface area contributed by atoms with Crippen LogP contribution in [0.4, 0.5) is 0 Å². The summed E-state index contributed by atoms with van der Waals surface area (Å²) < 4.78 is 0. The first-order chi connectivity index (χ1) is 8.58. The van der Waals surface area contributed by atoms with Crippen molar-refractivity contribution >= 4 is 0 Å². The maximum absolute atomic E-state index is 10.5. The zero-order valence-electron chi connectivity index (χ0n) is 12.2. The van der Waals surface area contributed by atoms with E-state index in [0.29, 0.717) is 6.04 Å². The molecule has 0 saturated carbocycles. The Morgan fingerprint density at radius 1 is 1.39 bits per heavy atom. The van der Waals surface area contributed by atoms with Gasteiger partial charge >= 0.3 is 0 Å². The van der Waals surface area contributed by atoms with E-state index in [1.54, 1.807) is 0 Å². The Morgan fingerprint density at radius 3 is 2.72 bits per heavy atom. The summed E-state index contributed by atoms with van der Waals surface area (Å²) in [5, 5.41) is 14.0. The molecule has 2 saturated heterocycles. The van der Waals surface area contributed by atoms with Gasteiger partial charge in [-0.2, -0.15) is 0 Å². The Balaban J connectivity index is 1.95. The van der Waals surface area contributed by atoms with Crippen molar-refractivity contribution in [3.63, 3.8) is 0 Å². The van der Waals surface area contributed by atoms with Gasteiger partial charge in [-0.1, -0.05) is 13.8 Å². The van der Waals surface area contributed by atoms with E-state index in [1.807, 2.05) is 6.92 Å². The third-order valence-electron chi connectivity index (χ3n) is 4.83. The average Bonchev–Trinajstić information content (AvgIpc) is 2.79. The number of hydrogen-bond acceptors (Lipinski definition) is 4. The number of piperidine rings is 1. The van der Waals surface area contributed by atoms with Crippen LogP contribution in [0.5, 0.6) is 0 Å². The maximum atomic E-state index is 10.5. The summed E-state index contributed by atoms with van der Waals surface area (Å²) in [7, 11) is 0. The molecule has 3 unspecified atom stereocenters. The van der Waals surface area contributed by atoms with E-state index in [4.69, 9.17) is 0 Å². The zero-order valence-corrected chi connectivity index (χ0v) is 12.2. The standard InChI is InChI=1S/C14H29N3O/c1-4-16(5-2)12-6-9-17(11-12)13-10-15-8-7-14(13,3)18/h12-13,15,18H,4-11H2,1-3H3. The second kappa shape index (κ2) is 5.87. The van der Waals surface area contributed by atoms with Crippen molar-refractivity contribution in [2.75, 3.05) is 39.3 Å². The third kappa shape index (κ3) is 2.87. The minimum absolute atomic E-state index is 0.284. The minimum Gasteiger partial charge on any atom is -0.388 e. The lowest BCUT2D eigenvalue weighted by Gasteiger charge is -2.43. The predicted molar refractivity (Wildman–Crippen MR) is 74.8 cm³/mol. The number of nitrogens with zero attached hydrogens (tertiary/aromatic N) is 2. The smallest absolute Gasteiger partial charge is 0.0798 e. The van der Waals surface area contributed by atoms with E-state index in [2.05, 4.69) is 29.0 Å². The Morgan fingerprint density at radius 2 is 2.11 bits per heavy atom. The fourth-order valence-electron chi connectivity index (χ4n) is 3.58. The monoisotopic (exact) mass is 255 g/mol. The second-order valence-electron chi connectivity index (χ2n) is 5.99. The molecule has 2 aliphatic rings. The topological polar surface area (TPSA) is 38.7 Å². The number of nitrogens with one attached hydrogen (secondary N) is 1. The number of rotatable bonds is 4. The van der Waals surface area contributed by atoms with Crippen LogP contribution in [0.1, 0.15) is 33.6 Å². The van der Waals surface area contributed by atoms with E-state index < -0.39 is 5.60 Å². The van der Waals surface area contributed by atoms with Gasteiger partial charge in [0.1, 0.15) is 0 Å². The lowest BCUT2D eigenvalue weighted by atomic mass is 9.88. The second-order valence-corrected chi connectivity index (χ2v) is 5.99. The number of aliphatic hydroxyl groups is 1. The molecule has 2 heterocycles. The molecule has 0 aromatic rings. The summed E-state index contributed by atoms with van der Waals surface area (Å²) in [6.45, 7) is 12.9. The molecule has 2 aliphatic heterocycles. The molecule has 2 rings (SSSR count). The van der Waals surface area contributed by atoms with E-state index in [1.165, 1.54) is 6.42 Å². The third-order valence-corrected chi connectivity index (χ3v) is 4.83. The first kappa shape index (κ1) is 14.3. The van der Waals surface area contributed by atoms with Crippen molar-refractivity contribution in [3.8, 4) is 0 Å². The van der Waals surface area contributed by atoms with Crippen LogP contribution in [-0.4, -0.2) is 71.9 Å². The SMILES string of the molecule is CCN(CC)C1CCN(C2CNCCC2(C)O)C1. The van der Waals surface area contributed by atoms with Crippen molar-refractivity contribution in [3.05, 3.63) is 0 Å². The van der Waals surface area contributed by atoms with Crippen LogP contribution in [0.25, 0.3) is 0 Å². The van der Waals surface area contributed by atoms with E-state index in [-0.39, 0.29) is 6.04 Å². The van der Waals surface area contributed by atoms with Crippen LogP contribution in [0, 0.1) is 0 Å². The summed E-state index contributed by atoms with van der Waals surface area (Å²) in [4.78, 5) is 5.04. The highest BCUT2D eigenvalue weighted by Crippen LogP contribution is 2.27. The lowest BCUT2D eigenvalue weighted by Crippen LogP contribution is -2.60. The molecule has 0 spiro atoms. The molecule has 2 fully saturated rings. The highest BCUT2D eigenvalue weighted by Gasteiger charge is 2.41. The molecule has 2 N–H and O–H groups in total. The van der Waals surface area contributed by atoms with E-state index in [0.717, 1.165) is 45.7 Å². The van der Waals surface area contributed by atoms with Gasteiger partial charge in [-0.15, -0.1) is 0 Å². The first-order valence-electron chi connectivity index (χ1n) is 7.49. The van der Waals surface area contributed by atoms with Gasteiger partial charge < -0.3 is 10.4 Å². The molecule has 18 heavy (non-hydrogen) atoms. The van der Waals surface area contributed by atoms with Gasteiger partial charge in [0.15, 0.2) is 0 Å². The van der Waals surface area contributed by atoms with E-state index >= 15 is 0 Å². The van der Waals surface area contributed by atoms with Gasteiger partial charge in [0, 0.05) is 25.7 Å². The Kier molecular flexibility index (Phi) is 4.64. The van der Waals surface area contributed by atoms with Crippen LogP contribution in [-0.2, 0) is 0 Å². The summed E-state index contributed by atoms with van der Waals surface area (Å²) in [6.07, 6.45) is 2.11. The fourth-order valence-corrected chi connectivity index (χ4v) is 3.58. The molecule has 3 atom stereocenters. The molecule has 0 radical (unpaired) electrons. The van der Waals surface area contributed by atoms with Crippen molar-refractivity contribution in [2.45, 2.75) is 51.3 Å². The van der Waals surface area contributed by atoms with Crippen molar-refractivity contribution in [1.29, 1.82) is 0 Å². The molecule has 0 amide bonds. The first-order valence-corrected chi connectivity index (χ1v) is 7.49. The van der Waals surface area contributed by atoms with Crippen LogP contribution in [0.2, 0.25) is 0 Å². The summed E-state index contributed by atoms with van der Waals surface area (Å²) in [6, 6.07) is 0.963. The Hall–Kier alpha value is -0.160. The zero-order chi connectivity index (χ0) is 13.2. The van der Waals surface area contributed by atoms with Crippen LogP contribution in [0.3, 0.4) is 0 Å². The predicted octanol–water partition coefficient (Wildman–Crippen LogP) is 0.515. The summed E-state index contributed by atoms with van der Waals surface area (Å²) >= 11 is 0. The van der Waals surface area contributed by atoms with Gasteiger partial charge in [0.2, 0.25) is 0 Å². The van der Waals surface area contributed by atoms with Gasteiger partial charge in [-0.25, -0.2) is 0 Å². The molecule has 0 bridgehead atoms. The lowest BCUT2D eigenvalue weighted by molar-refractivity contribution is -0.0474. The molecule has 0 aromatic heterocycles. The number of likely N-dealkylation sites (N-methyl/N-ethyl adjacent to an activating group) is 1. The minimum atomic E-state index is -0.524. The molecular weight excluding hydrogens is 226 g/mol. The van der Waals surface area contributed by atoms with Gasteiger partial charge in [-0.05, 0) is 39.4 Å². The van der Waals surface area contributed by atoms with Crippen molar-refractivity contribution in [2.24, 2.45) is 0 Å². The van der Waals surface area contributed by atoms with Gasteiger partial charge in [0.05, 0.1) is 11.6 Å². The fraction of sp³-hybridized carbons (Fsp3) is 1.00. The number of hydrogen-bond donors (Lipinski definition) is 2. The van der Waals surface area contributed by atoms with Gasteiger partial charge in [0.25, 0.3) is 0 Å². The Bertz CT molecular complexity index is 266. The van der Waals surface area contributed by atoms with Crippen molar-refractivity contribution < 1.29 is 5.11 Å². The van der Waals surface area contributed by atoms with Crippen LogP contribution < -0.4 is 5.32 Å². The molecule has 0 aromatic carbocycles. The largest absolute Gasteiger partial charge is 0.388 e. The molecule has 4 nitrogen and oxygen atoms in total. The van der Waals surface area contributed by atoms with Crippen LogP contribution >= 0.6 is 0 Å². The molecule has 106 valence electrons. The molecule has 4 heteroatoms. The van der Waals surface area contributed by atoms with Gasteiger partial charge in [-0.3, -0.25) is 9.80 Å². The summed E-state index contributed by atoms with van der Waals surface area (Å²) in [5.74, 6) is 0. The average molecular weight is 255 g/mol. The molecular formula is C14H29N3O. The van der Waals surface area contributed by atoms with E-state index in [9.17, 15) is 5.11 Å². The van der Waals surface area contributed by atoms with Crippen LogP contribution in [0.15, 0.2) is 0 Å². The highest BCUT2D eigenvalue weighted by molar-refractivity contribution is 4.98. The summed E-state index contributed by atoms with van der Waals surface area (Å²) in [5.41, 5.74) is -0.524. The maximum Gasteiger partial charge on any atom is 0.0798 e. The van der Waals surface area contributed by atoms with Crippen molar-refractivity contribution in [1.82, 2.24) is 15.1 Å².